The van der Waals surface area contributed by atoms with Crippen molar-refractivity contribution in [1.29, 1.82) is 0 Å². The molecule has 0 bridgehead atoms. The van der Waals surface area contributed by atoms with Gasteiger partial charge in [-0.05, 0) is 66.6 Å². The number of hydrogen-bond donors (Lipinski definition) is 0. The number of hydrogen-bond acceptors (Lipinski definition) is 7. The van der Waals surface area contributed by atoms with Crippen molar-refractivity contribution < 1.29 is 14.3 Å². The molecule has 4 rings (SSSR count). The third-order valence-corrected chi connectivity index (χ3v) is 7.39. The molecule has 9 heteroatoms. The summed E-state index contributed by atoms with van der Waals surface area (Å²) in [6.45, 7) is 7.68. The molecule has 3 heterocycles. The van der Waals surface area contributed by atoms with Crippen LogP contribution in [0, 0.1) is 5.92 Å². The lowest BCUT2D eigenvalue weighted by molar-refractivity contribution is -0.131. The maximum Gasteiger partial charge on any atom is 0.264 e. The molecule has 2 amide bonds. The summed E-state index contributed by atoms with van der Waals surface area (Å²) in [5.74, 6) is 2.00. The van der Waals surface area contributed by atoms with Crippen LogP contribution in [0.1, 0.15) is 36.4 Å². The van der Waals surface area contributed by atoms with E-state index in [-0.39, 0.29) is 18.4 Å². The van der Waals surface area contributed by atoms with Gasteiger partial charge < -0.3 is 19.4 Å². The highest BCUT2D eigenvalue weighted by molar-refractivity contribution is 7.12. The van der Waals surface area contributed by atoms with Crippen molar-refractivity contribution in [3.05, 3.63) is 58.8 Å². The summed E-state index contributed by atoms with van der Waals surface area (Å²) in [6, 6.07) is 15.4. The third kappa shape index (κ3) is 7.07. The highest BCUT2D eigenvalue weighted by atomic mass is 32.1. The van der Waals surface area contributed by atoms with Gasteiger partial charge in [0, 0.05) is 38.3 Å². The number of rotatable bonds is 9. The quantitative estimate of drug-likeness (QED) is 0.414. The molecule has 0 unspecified atom stereocenters. The second kappa shape index (κ2) is 12.7. The smallest absolute Gasteiger partial charge is 0.264 e. The number of carbonyl (C=O) groups is 2. The van der Waals surface area contributed by atoms with Gasteiger partial charge in [-0.2, -0.15) is 0 Å². The van der Waals surface area contributed by atoms with Gasteiger partial charge in [-0.1, -0.05) is 19.9 Å². The van der Waals surface area contributed by atoms with E-state index in [4.69, 9.17) is 4.74 Å². The maximum atomic E-state index is 13.3. The molecule has 0 spiro atoms. The van der Waals surface area contributed by atoms with Crippen molar-refractivity contribution >= 4 is 29.0 Å². The lowest BCUT2D eigenvalue weighted by Gasteiger charge is -2.27. The Kier molecular flexibility index (Phi) is 9.11. The molecule has 0 atom stereocenters. The summed E-state index contributed by atoms with van der Waals surface area (Å²) in [4.78, 5) is 32.7. The molecule has 1 saturated heterocycles. The van der Waals surface area contributed by atoms with E-state index < -0.39 is 0 Å². The molecule has 3 aromatic rings. The Morgan fingerprint density at radius 2 is 1.84 bits per heavy atom. The molecule has 8 nitrogen and oxygen atoms in total. The Balaban J connectivity index is 1.36. The zero-order valence-corrected chi connectivity index (χ0v) is 22.6. The van der Waals surface area contributed by atoms with E-state index in [0.29, 0.717) is 37.0 Å². The van der Waals surface area contributed by atoms with Crippen LogP contribution < -0.4 is 9.64 Å². The summed E-state index contributed by atoms with van der Waals surface area (Å²) >= 11 is 1.42. The molecule has 0 radical (unpaired) electrons. The number of thiophene rings is 1. The van der Waals surface area contributed by atoms with Crippen LogP contribution in [0.15, 0.2) is 53.9 Å². The number of carbonyl (C=O) groups excluding carboxylic acids is 2. The molecule has 1 aliphatic rings. The number of ether oxygens (including phenoxy) is 1. The van der Waals surface area contributed by atoms with Gasteiger partial charge >= 0.3 is 0 Å². The first kappa shape index (κ1) is 26.6. The van der Waals surface area contributed by atoms with Crippen LogP contribution in [0.3, 0.4) is 0 Å². The summed E-state index contributed by atoms with van der Waals surface area (Å²) in [7, 11) is 1.65. The Hall–Kier alpha value is -3.46. The van der Waals surface area contributed by atoms with Crippen LogP contribution in [0.5, 0.6) is 5.75 Å². The van der Waals surface area contributed by atoms with Crippen molar-refractivity contribution in [2.24, 2.45) is 5.92 Å². The van der Waals surface area contributed by atoms with Crippen LogP contribution >= 0.6 is 11.3 Å². The molecule has 0 saturated carbocycles. The normalized spacial score (nSPS) is 13.9. The van der Waals surface area contributed by atoms with Crippen LogP contribution in [0.2, 0.25) is 0 Å². The van der Waals surface area contributed by atoms with E-state index in [1.165, 1.54) is 11.3 Å². The molecule has 0 aliphatic carbocycles. The molecular formula is C28H35N5O3S. The Morgan fingerprint density at radius 3 is 2.49 bits per heavy atom. The van der Waals surface area contributed by atoms with Crippen LogP contribution in [-0.4, -0.2) is 78.2 Å². The van der Waals surface area contributed by atoms with Gasteiger partial charge in [-0.15, -0.1) is 21.5 Å². The van der Waals surface area contributed by atoms with Crippen molar-refractivity contribution in [2.45, 2.75) is 26.7 Å². The molecule has 1 fully saturated rings. The first-order valence-electron chi connectivity index (χ1n) is 12.8. The maximum absolute atomic E-state index is 13.3. The zero-order valence-electron chi connectivity index (χ0n) is 21.8. The van der Waals surface area contributed by atoms with E-state index in [2.05, 4.69) is 28.9 Å². The molecule has 1 aromatic carbocycles. The molecule has 1 aliphatic heterocycles. The Bertz CT molecular complexity index is 1150. The fourth-order valence-corrected chi connectivity index (χ4v) is 4.98. The van der Waals surface area contributed by atoms with Gasteiger partial charge in [0.15, 0.2) is 5.82 Å². The van der Waals surface area contributed by atoms with Gasteiger partial charge in [-0.3, -0.25) is 9.59 Å². The van der Waals surface area contributed by atoms with Crippen molar-refractivity contribution in [3.63, 3.8) is 0 Å². The Morgan fingerprint density at radius 1 is 1.03 bits per heavy atom. The molecule has 0 N–H and O–H groups in total. The number of nitrogens with zero attached hydrogens (tertiary/aromatic N) is 5. The number of anilines is 1. The van der Waals surface area contributed by atoms with Crippen molar-refractivity contribution in [2.75, 3.05) is 51.3 Å². The molecule has 2 aromatic heterocycles. The van der Waals surface area contributed by atoms with Crippen molar-refractivity contribution in [1.82, 2.24) is 20.0 Å². The van der Waals surface area contributed by atoms with Gasteiger partial charge in [0.1, 0.15) is 12.3 Å². The van der Waals surface area contributed by atoms with Gasteiger partial charge in [0.25, 0.3) is 5.91 Å². The topological polar surface area (TPSA) is 78.9 Å². The second-order valence-corrected chi connectivity index (χ2v) is 10.6. The summed E-state index contributed by atoms with van der Waals surface area (Å²) in [5.41, 5.74) is 1.78. The van der Waals surface area contributed by atoms with Gasteiger partial charge in [0.05, 0.1) is 17.7 Å². The highest BCUT2D eigenvalue weighted by Gasteiger charge is 2.25. The summed E-state index contributed by atoms with van der Waals surface area (Å²) < 4.78 is 5.22. The van der Waals surface area contributed by atoms with Crippen LogP contribution in [-0.2, 0) is 4.79 Å². The second-order valence-electron chi connectivity index (χ2n) is 9.61. The number of aromatic nitrogens is 2. The zero-order chi connectivity index (χ0) is 26.2. The lowest BCUT2D eigenvalue weighted by Crippen LogP contribution is -2.44. The van der Waals surface area contributed by atoms with E-state index >= 15 is 0 Å². The SMILES string of the molecule is COc1ccc(-c2ccc(N3CCCN(C(=O)CN(CCC(C)C)C(=O)c4cccs4)CC3)nn2)cc1. The lowest BCUT2D eigenvalue weighted by atomic mass is 10.1. The van der Waals surface area contributed by atoms with E-state index in [0.717, 1.165) is 42.2 Å². The number of amides is 2. The third-order valence-electron chi connectivity index (χ3n) is 6.53. The van der Waals surface area contributed by atoms with E-state index in [1.54, 1.807) is 12.0 Å². The van der Waals surface area contributed by atoms with E-state index in [1.807, 2.05) is 58.8 Å². The fraction of sp³-hybridized carbons (Fsp3) is 0.429. The minimum Gasteiger partial charge on any atom is -0.497 e. The van der Waals surface area contributed by atoms with Crippen LogP contribution in [0.4, 0.5) is 5.82 Å². The van der Waals surface area contributed by atoms with Gasteiger partial charge in [-0.25, -0.2) is 0 Å². The predicted molar refractivity (Wildman–Crippen MR) is 147 cm³/mol. The summed E-state index contributed by atoms with van der Waals surface area (Å²) in [5, 5.41) is 10.8. The number of methoxy groups -OCH3 is 1. The average molecular weight is 522 g/mol. The summed E-state index contributed by atoms with van der Waals surface area (Å²) in [6.07, 6.45) is 1.70. The average Bonchev–Trinajstić information content (AvgIpc) is 3.35. The monoisotopic (exact) mass is 521 g/mol. The van der Waals surface area contributed by atoms with Crippen molar-refractivity contribution in [3.8, 4) is 17.0 Å². The predicted octanol–water partition coefficient (Wildman–Crippen LogP) is 4.44. The van der Waals surface area contributed by atoms with Crippen LogP contribution in [0.25, 0.3) is 11.3 Å². The van der Waals surface area contributed by atoms with E-state index in [9.17, 15) is 9.59 Å². The highest BCUT2D eigenvalue weighted by Crippen LogP contribution is 2.22. The van der Waals surface area contributed by atoms with Gasteiger partial charge in [0.2, 0.25) is 5.91 Å². The molecule has 196 valence electrons. The fourth-order valence-electron chi connectivity index (χ4n) is 4.29. The minimum atomic E-state index is -0.0623. The number of benzene rings is 1. The molecular weight excluding hydrogens is 486 g/mol. The standard InChI is InChI=1S/C28H35N5O3S/c1-21(2)13-16-33(28(35)25-6-4-19-37-25)20-27(34)32-15-5-14-31(17-18-32)26-12-11-24(29-30-26)22-7-9-23(36-3)10-8-22/h4,6-12,19,21H,5,13-18,20H2,1-3H3. The molecule has 37 heavy (non-hydrogen) atoms. The largest absolute Gasteiger partial charge is 0.497 e. The first-order valence-corrected chi connectivity index (χ1v) is 13.7. The minimum absolute atomic E-state index is 0.00329. The Labute approximate surface area is 222 Å². The first-order chi connectivity index (χ1) is 17.9.